The zero-order chi connectivity index (χ0) is 21.3. The number of anilines is 1. The van der Waals surface area contributed by atoms with E-state index in [4.69, 9.17) is 19.5 Å². The summed E-state index contributed by atoms with van der Waals surface area (Å²) in [4.78, 5) is 14.2. The van der Waals surface area contributed by atoms with Crippen molar-refractivity contribution in [2.24, 2.45) is 0 Å². The zero-order valence-electron chi connectivity index (χ0n) is 16.8. The first-order valence-corrected chi connectivity index (χ1v) is 9.80. The summed E-state index contributed by atoms with van der Waals surface area (Å²) in [7, 11) is 0. The molecule has 0 fully saturated rings. The first kappa shape index (κ1) is 21.4. The smallest absolute Gasteiger partial charge is 0.238 e. The van der Waals surface area contributed by atoms with Crippen LogP contribution in [0.25, 0.3) is 0 Å². The van der Waals surface area contributed by atoms with Crippen LogP contribution in [0, 0.1) is 11.3 Å². The minimum Gasteiger partial charge on any atom is -0.491 e. The van der Waals surface area contributed by atoms with Crippen LogP contribution in [0.2, 0.25) is 0 Å². The third kappa shape index (κ3) is 6.11. The number of aliphatic hydroxyl groups is 1. The number of benzene rings is 2. The van der Waals surface area contributed by atoms with Gasteiger partial charge in [0.1, 0.15) is 31.7 Å². The Bertz CT molecular complexity index is 895. The first-order valence-electron chi connectivity index (χ1n) is 9.80. The predicted molar refractivity (Wildman–Crippen MR) is 111 cm³/mol. The second-order valence-electron chi connectivity index (χ2n) is 6.84. The van der Waals surface area contributed by atoms with Gasteiger partial charge >= 0.3 is 0 Å². The Morgan fingerprint density at radius 2 is 1.97 bits per heavy atom. The molecule has 1 aliphatic heterocycles. The molecule has 0 radical (unpaired) electrons. The number of hydrogen-bond acceptors (Lipinski definition) is 7. The van der Waals surface area contributed by atoms with Gasteiger partial charge < -0.3 is 24.6 Å². The molecule has 0 bridgehead atoms. The molecule has 2 N–H and O–H groups in total. The topological polar surface area (TPSA) is 104 Å². The van der Waals surface area contributed by atoms with Crippen LogP contribution in [-0.4, -0.2) is 61.5 Å². The number of aliphatic hydroxyl groups excluding tert-OH is 1. The van der Waals surface area contributed by atoms with Gasteiger partial charge in [-0.25, -0.2) is 0 Å². The third-order valence-electron chi connectivity index (χ3n) is 4.54. The van der Waals surface area contributed by atoms with Gasteiger partial charge in [0.05, 0.1) is 18.2 Å². The molecule has 8 nitrogen and oxygen atoms in total. The van der Waals surface area contributed by atoms with E-state index in [1.54, 1.807) is 42.5 Å². The second kappa shape index (κ2) is 10.5. The Labute approximate surface area is 175 Å². The summed E-state index contributed by atoms with van der Waals surface area (Å²) in [5.74, 6) is 1.67. The van der Waals surface area contributed by atoms with Crippen molar-refractivity contribution in [1.29, 1.82) is 5.26 Å². The number of fused-ring (bicyclic) bond motifs is 1. The van der Waals surface area contributed by atoms with Crippen LogP contribution in [0.1, 0.15) is 12.5 Å². The van der Waals surface area contributed by atoms with Gasteiger partial charge in [-0.3, -0.25) is 9.69 Å². The first-order chi connectivity index (χ1) is 14.6. The molecule has 158 valence electrons. The van der Waals surface area contributed by atoms with Crippen molar-refractivity contribution in [1.82, 2.24) is 4.90 Å². The van der Waals surface area contributed by atoms with Crippen LogP contribution >= 0.6 is 0 Å². The largest absolute Gasteiger partial charge is 0.491 e. The monoisotopic (exact) mass is 411 g/mol. The highest BCUT2D eigenvalue weighted by atomic mass is 16.6. The lowest BCUT2D eigenvalue weighted by molar-refractivity contribution is -0.117. The molecule has 1 amide bonds. The van der Waals surface area contributed by atoms with Crippen LogP contribution in [0.5, 0.6) is 17.2 Å². The lowest BCUT2D eigenvalue weighted by Gasteiger charge is -2.23. The summed E-state index contributed by atoms with van der Waals surface area (Å²) in [5, 5.41) is 21.9. The molecule has 0 saturated carbocycles. The molecular weight excluding hydrogens is 386 g/mol. The predicted octanol–water partition coefficient (Wildman–Crippen LogP) is 2.03. The summed E-state index contributed by atoms with van der Waals surface area (Å²) in [6.07, 6.45) is -0.761. The molecule has 3 rings (SSSR count). The Morgan fingerprint density at radius 3 is 2.67 bits per heavy atom. The Hall–Kier alpha value is -3.28. The third-order valence-corrected chi connectivity index (χ3v) is 4.54. The molecule has 8 heteroatoms. The zero-order valence-corrected chi connectivity index (χ0v) is 16.8. The van der Waals surface area contributed by atoms with Gasteiger partial charge in [0.2, 0.25) is 5.91 Å². The summed E-state index contributed by atoms with van der Waals surface area (Å²) in [6.45, 7) is 4.04. The fourth-order valence-corrected chi connectivity index (χ4v) is 3.00. The van der Waals surface area contributed by atoms with E-state index in [0.29, 0.717) is 54.8 Å². The maximum Gasteiger partial charge on any atom is 0.238 e. The van der Waals surface area contributed by atoms with Crippen molar-refractivity contribution >= 4 is 11.6 Å². The van der Waals surface area contributed by atoms with Gasteiger partial charge in [0.15, 0.2) is 11.5 Å². The average molecular weight is 411 g/mol. The van der Waals surface area contributed by atoms with E-state index in [1.807, 2.05) is 17.9 Å². The SMILES string of the molecule is CCN(CC(=O)Nc1ccc2c(c1)OCCO2)CC(O)COc1ccc(C#N)cc1. The van der Waals surface area contributed by atoms with E-state index in [1.165, 1.54) is 0 Å². The molecule has 1 heterocycles. The van der Waals surface area contributed by atoms with E-state index in [0.717, 1.165) is 0 Å². The highest BCUT2D eigenvalue weighted by molar-refractivity contribution is 5.92. The minimum atomic E-state index is -0.761. The molecule has 0 aliphatic carbocycles. The fourth-order valence-electron chi connectivity index (χ4n) is 3.00. The number of ether oxygens (including phenoxy) is 3. The van der Waals surface area contributed by atoms with Crippen LogP contribution < -0.4 is 19.5 Å². The Morgan fingerprint density at radius 1 is 1.23 bits per heavy atom. The van der Waals surface area contributed by atoms with Crippen molar-refractivity contribution in [3.8, 4) is 23.3 Å². The van der Waals surface area contributed by atoms with E-state index >= 15 is 0 Å². The number of carbonyl (C=O) groups excluding carboxylic acids is 1. The van der Waals surface area contributed by atoms with Gasteiger partial charge in [-0.2, -0.15) is 5.26 Å². The highest BCUT2D eigenvalue weighted by Crippen LogP contribution is 2.32. The van der Waals surface area contributed by atoms with Crippen molar-refractivity contribution in [2.45, 2.75) is 13.0 Å². The highest BCUT2D eigenvalue weighted by Gasteiger charge is 2.16. The maximum atomic E-state index is 12.4. The molecule has 0 saturated heterocycles. The average Bonchev–Trinajstić information content (AvgIpc) is 2.77. The van der Waals surface area contributed by atoms with E-state index < -0.39 is 6.10 Å². The summed E-state index contributed by atoms with van der Waals surface area (Å²) < 4.78 is 16.6. The molecule has 2 aromatic carbocycles. The molecule has 1 unspecified atom stereocenters. The maximum absolute atomic E-state index is 12.4. The number of nitrogens with zero attached hydrogens (tertiary/aromatic N) is 2. The Balaban J connectivity index is 1.45. The minimum absolute atomic E-state index is 0.0895. The lowest BCUT2D eigenvalue weighted by Crippen LogP contribution is -2.40. The van der Waals surface area contributed by atoms with Gasteiger partial charge in [-0.1, -0.05) is 6.92 Å². The Kier molecular flexibility index (Phi) is 7.49. The molecule has 0 spiro atoms. The number of rotatable bonds is 9. The molecule has 0 aromatic heterocycles. The summed E-state index contributed by atoms with van der Waals surface area (Å²) in [5.41, 5.74) is 1.18. The standard InChI is InChI=1S/C22H25N3O5/c1-2-25(13-18(26)15-30-19-6-3-16(12-23)4-7-19)14-22(27)24-17-5-8-20-21(11-17)29-10-9-28-20/h3-8,11,18,26H,2,9-10,13-15H2,1H3,(H,24,27). The number of carbonyl (C=O) groups is 1. The van der Waals surface area contributed by atoms with E-state index in [9.17, 15) is 9.90 Å². The summed E-state index contributed by atoms with van der Waals surface area (Å²) >= 11 is 0. The van der Waals surface area contributed by atoms with Crippen LogP contribution in [0.3, 0.4) is 0 Å². The normalized spacial score (nSPS) is 13.4. The van der Waals surface area contributed by atoms with Crippen LogP contribution in [0.15, 0.2) is 42.5 Å². The van der Waals surface area contributed by atoms with Gasteiger partial charge in [0.25, 0.3) is 0 Å². The fraction of sp³-hybridized carbons (Fsp3) is 0.364. The number of hydrogen-bond donors (Lipinski definition) is 2. The van der Waals surface area contributed by atoms with Crippen molar-refractivity contribution in [3.05, 3.63) is 48.0 Å². The van der Waals surface area contributed by atoms with Crippen molar-refractivity contribution < 1.29 is 24.1 Å². The van der Waals surface area contributed by atoms with Crippen LogP contribution in [0.4, 0.5) is 5.69 Å². The van der Waals surface area contributed by atoms with Crippen molar-refractivity contribution in [3.63, 3.8) is 0 Å². The molecule has 1 atom stereocenters. The van der Waals surface area contributed by atoms with E-state index in [2.05, 4.69) is 5.32 Å². The molecular formula is C22H25N3O5. The number of nitriles is 1. The number of nitrogens with one attached hydrogen (secondary N) is 1. The van der Waals surface area contributed by atoms with E-state index in [-0.39, 0.29) is 19.1 Å². The molecule has 30 heavy (non-hydrogen) atoms. The number of likely N-dealkylation sites (N-methyl/N-ethyl adjacent to an activating group) is 1. The van der Waals surface area contributed by atoms with Gasteiger partial charge in [-0.05, 0) is 42.9 Å². The summed E-state index contributed by atoms with van der Waals surface area (Å²) in [6, 6.07) is 14.0. The molecule has 1 aliphatic rings. The van der Waals surface area contributed by atoms with Crippen molar-refractivity contribution in [2.75, 3.05) is 44.8 Å². The molecule has 2 aromatic rings. The number of amides is 1. The van der Waals surface area contributed by atoms with Crippen LogP contribution in [-0.2, 0) is 4.79 Å². The lowest BCUT2D eigenvalue weighted by atomic mass is 10.2. The second-order valence-corrected chi connectivity index (χ2v) is 6.84. The quantitative estimate of drug-likeness (QED) is 0.651. The van der Waals surface area contributed by atoms with Gasteiger partial charge in [0, 0.05) is 18.3 Å². The van der Waals surface area contributed by atoms with Gasteiger partial charge in [-0.15, -0.1) is 0 Å².